The van der Waals surface area contributed by atoms with E-state index in [1.165, 1.54) is 0 Å². The molecule has 2 aromatic carbocycles. The van der Waals surface area contributed by atoms with Crippen LogP contribution in [0.1, 0.15) is 49.4 Å². The van der Waals surface area contributed by atoms with E-state index in [1.54, 1.807) is 24.3 Å². The smallest absolute Gasteiger partial charge is 0.272 e. The van der Waals surface area contributed by atoms with E-state index in [2.05, 4.69) is 9.62 Å². The predicted octanol–water partition coefficient (Wildman–Crippen LogP) is 4.45. The van der Waals surface area contributed by atoms with Gasteiger partial charge in [0.2, 0.25) is 10.0 Å². The van der Waals surface area contributed by atoms with E-state index in [-0.39, 0.29) is 17.8 Å². The molecule has 0 amide bonds. The van der Waals surface area contributed by atoms with Gasteiger partial charge in [-0.3, -0.25) is 4.72 Å². The van der Waals surface area contributed by atoms with Crippen molar-refractivity contribution in [2.45, 2.75) is 44.7 Å². The number of rotatable bonds is 10. The van der Waals surface area contributed by atoms with Gasteiger partial charge in [0, 0.05) is 24.0 Å². The normalized spacial score (nSPS) is 20.5. The Balaban J connectivity index is 1.59. The molecule has 2 unspecified atom stereocenters. The van der Waals surface area contributed by atoms with Gasteiger partial charge < -0.3 is 15.4 Å². The van der Waals surface area contributed by atoms with Crippen molar-refractivity contribution in [2.75, 3.05) is 28.5 Å². The largest absolute Gasteiger partial charge is 0.488 e. The van der Waals surface area contributed by atoms with Gasteiger partial charge in [-0.15, -0.1) is 0 Å². The molecule has 0 saturated heterocycles. The Kier molecular flexibility index (Phi) is 6.57. The Morgan fingerprint density at radius 1 is 1.19 bits per heavy atom. The number of hydrogen-bond acceptors (Lipinski definition) is 5. The topological polar surface area (TPSA) is 84.7 Å². The molecule has 0 spiro atoms. The number of sulfonamides is 1. The van der Waals surface area contributed by atoms with Gasteiger partial charge in [-0.1, -0.05) is 25.1 Å². The van der Waals surface area contributed by atoms with Crippen molar-refractivity contribution in [3.8, 4) is 5.75 Å². The molecule has 0 radical (unpaired) electrons. The van der Waals surface area contributed by atoms with Crippen LogP contribution in [0.4, 0.5) is 20.2 Å². The first-order valence-corrected chi connectivity index (χ1v) is 12.6. The molecule has 1 saturated carbocycles. The van der Waals surface area contributed by atoms with Gasteiger partial charge >= 0.3 is 0 Å². The zero-order chi connectivity index (χ0) is 22.9. The minimum absolute atomic E-state index is 0.0721. The number of hydrogen-bond donors (Lipinski definition) is 2. The lowest BCUT2D eigenvalue weighted by atomic mass is 9.97. The molecular formula is C23H29F2N3O3S. The van der Waals surface area contributed by atoms with E-state index in [9.17, 15) is 17.2 Å². The van der Waals surface area contributed by atoms with Crippen molar-refractivity contribution >= 4 is 21.4 Å². The fourth-order valence-corrected chi connectivity index (χ4v) is 5.38. The van der Waals surface area contributed by atoms with Gasteiger partial charge in [-0.05, 0) is 54.5 Å². The minimum atomic E-state index is -3.36. The molecule has 9 heteroatoms. The van der Waals surface area contributed by atoms with Crippen molar-refractivity contribution in [2.24, 2.45) is 11.7 Å². The van der Waals surface area contributed by atoms with E-state index < -0.39 is 23.1 Å². The van der Waals surface area contributed by atoms with E-state index in [1.807, 2.05) is 25.1 Å². The molecule has 2 aliphatic rings. The summed E-state index contributed by atoms with van der Waals surface area (Å²) in [5.74, 6) is 1.06. The summed E-state index contributed by atoms with van der Waals surface area (Å²) in [4.78, 5) is 2.24. The van der Waals surface area contributed by atoms with Crippen molar-refractivity contribution < 1.29 is 21.9 Å². The lowest BCUT2D eigenvalue weighted by molar-refractivity contribution is 0.0819. The molecule has 0 bridgehead atoms. The fraction of sp³-hybridized carbons (Fsp3) is 0.478. The van der Waals surface area contributed by atoms with Crippen LogP contribution in [0.25, 0.3) is 0 Å². The summed E-state index contributed by atoms with van der Waals surface area (Å²) in [6.07, 6.45) is 0.331. The monoisotopic (exact) mass is 465 g/mol. The zero-order valence-electron chi connectivity index (χ0n) is 18.0. The van der Waals surface area contributed by atoms with Gasteiger partial charge in [0.15, 0.2) is 0 Å². The third kappa shape index (κ3) is 5.15. The summed E-state index contributed by atoms with van der Waals surface area (Å²) in [7, 11) is -3.36. The van der Waals surface area contributed by atoms with Crippen molar-refractivity contribution in [3.63, 3.8) is 0 Å². The van der Waals surface area contributed by atoms with Gasteiger partial charge in [0.1, 0.15) is 12.4 Å². The Morgan fingerprint density at radius 2 is 1.91 bits per heavy atom. The van der Waals surface area contributed by atoms with Crippen LogP contribution in [0.2, 0.25) is 0 Å². The Labute approximate surface area is 187 Å². The second-order valence-electron chi connectivity index (χ2n) is 8.53. The molecule has 1 aliphatic heterocycles. The number of nitrogens with zero attached hydrogens (tertiary/aromatic N) is 1. The van der Waals surface area contributed by atoms with Gasteiger partial charge in [0.25, 0.3) is 6.43 Å². The summed E-state index contributed by atoms with van der Waals surface area (Å²) < 4.78 is 57.1. The lowest BCUT2D eigenvalue weighted by Gasteiger charge is -2.30. The number of nitrogens with one attached hydrogen (secondary N) is 1. The highest BCUT2D eigenvalue weighted by atomic mass is 32.2. The second kappa shape index (κ2) is 9.23. The maximum absolute atomic E-state index is 12.6. The summed E-state index contributed by atoms with van der Waals surface area (Å²) in [5, 5.41) is 0. The summed E-state index contributed by atoms with van der Waals surface area (Å²) >= 11 is 0. The van der Waals surface area contributed by atoms with Crippen LogP contribution in [0, 0.1) is 5.92 Å². The zero-order valence-corrected chi connectivity index (χ0v) is 18.8. The maximum atomic E-state index is 12.6. The van der Waals surface area contributed by atoms with E-state index in [0.29, 0.717) is 23.8 Å². The minimum Gasteiger partial charge on any atom is -0.488 e. The van der Waals surface area contributed by atoms with Crippen LogP contribution in [-0.4, -0.2) is 33.7 Å². The highest BCUT2D eigenvalue weighted by molar-refractivity contribution is 7.92. The van der Waals surface area contributed by atoms with Crippen molar-refractivity contribution in [3.05, 3.63) is 53.6 Å². The van der Waals surface area contributed by atoms with E-state index in [0.717, 1.165) is 36.2 Å². The van der Waals surface area contributed by atoms with Crippen molar-refractivity contribution in [1.29, 1.82) is 0 Å². The molecule has 1 aliphatic carbocycles. The first-order chi connectivity index (χ1) is 15.3. The molecule has 4 rings (SSSR count). The van der Waals surface area contributed by atoms with Gasteiger partial charge in [-0.25, -0.2) is 17.2 Å². The number of halogens is 2. The first-order valence-electron chi connectivity index (χ1n) is 10.9. The van der Waals surface area contributed by atoms with Crippen LogP contribution in [0.15, 0.2) is 42.5 Å². The van der Waals surface area contributed by atoms with Crippen LogP contribution < -0.4 is 20.1 Å². The Bertz CT molecular complexity index is 1040. The standard InChI is InChI=1S/C23H29F2N3O3S/c1-2-11-32(29,30)27-17-7-5-16(6-8-17)23-22(26)19-10-9-18(31-14-21(24)25)12-20(19)28(23)13-15-3-4-15/h5-10,12,15,21-23,27H,2-4,11,13-14,26H2,1H3. The van der Waals surface area contributed by atoms with E-state index >= 15 is 0 Å². The maximum Gasteiger partial charge on any atom is 0.272 e. The van der Waals surface area contributed by atoms with Gasteiger partial charge in [-0.2, -0.15) is 0 Å². The average molecular weight is 466 g/mol. The Hall–Kier alpha value is -2.39. The molecule has 174 valence electrons. The highest BCUT2D eigenvalue weighted by Gasteiger charge is 2.40. The molecule has 3 N–H and O–H groups in total. The van der Waals surface area contributed by atoms with Crippen LogP contribution >= 0.6 is 0 Å². The van der Waals surface area contributed by atoms with Gasteiger partial charge in [0.05, 0.1) is 17.8 Å². The number of benzene rings is 2. The Morgan fingerprint density at radius 3 is 2.53 bits per heavy atom. The number of alkyl halides is 2. The summed E-state index contributed by atoms with van der Waals surface area (Å²) in [5.41, 5.74) is 10.0. The third-order valence-corrected chi connectivity index (χ3v) is 7.37. The van der Waals surface area contributed by atoms with Crippen LogP contribution in [0.3, 0.4) is 0 Å². The predicted molar refractivity (Wildman–Crippen MR) is 122 cm³/mol. The quantitative estimate of drug-likeness (QED) is 0.541. The fourth-order valence-electron chi connectivity index (χ4n) is 4.24. The van der Waals surface area contributed by atoms with Crippen LogP contribution in [-0.2, 0) is 10.0 Å². The van der Waals surface area contributed by atoms with Crippen LogP contribution in [0.5, 0.6) is 5.75 Å². The molecule has 0 aromatic heterocycles. The molecule has 32 heavy (non-hydrogen) atoms. The second-order valence-corrected chi connectivity index (χ2v) is 10.4. The average Bonchev–Trinajstić information content (AvgIpc) is 3.52. The molecule has 2 aromatic rings. The molecule has 2 atom stereocenters. The number of fused-ring (bicyclic) bond motifs is 1. The molecular weight excluding hydrogens is 436 g/mol. The molecule has 1 fully saturated rings. The number of nitrogens with two attached hydrogens (primary N) is 1. The SMILES string of the molecule is CCCS(=O)(=O)Nc1ccc(C2C(N)c3ccc(OCC(F)F)cc3N2CC2CC2)cc1. The molecule has 1 heterocycles. The van der Waals surface area contributed by atoms with E-state index in [4.69, 9.17) is 10.5 Å². The first kappa shape index (κ1) is 22.8. The summed E-state index contributed by atoms with van der Waals surface area (Å²) in [6.45, 7) is 2.00. The third-order valence-electron chi connectivity index (χ3n) is 5.87. The summed E-state index contributed by atoms with van der Waals surface area (Å²) in [6, 6.07) is 12.2. The lowest BCUT2D eigenvalue weighted by Crippen LogP contribution is -2.31. The number of ether oxygens (including phenoxy) is 1. The molecule has 6 nitrogen and oxygen atoms in total. The highest BCUT2D eigenvalue weighted by Crippen LogP contribution is 2.49. The number of anilines is 2. The van der Waals surface area contributed by atoms with Crippen molar-refractivity contribution in [1.82, 2.24) is 0 Å².